The number of halogens is 2. The number of nitrogens with zero attached hydrogens (tertiary/aromatic N) is 2. The molecule has 0 radical (unpaired) electrons. The predicted molar refractivity (Wildman–Crippen MR) is 99.5 cm³/mol. The van der Waals surface area contributed by atoms with Gasteiger partial charge in [-0.15, -0.1) is 0 Å². The number of hydrogen-bond acceptors (Lipinski definition) is 4. The summed E-state index contributed by atoms with van der Waals surface area (Å²) in [6.45, 7) is 1.53. The number of carbonyl (C=O) groups excluding carboxylic acids is 1. The molecule has 1 heterocycles. The van der Waals surface area contributed by atoms with E-state index in [1.807, 2.05) is 20.2 Å². The third kappa shape index (κ3) is 5.37. The first kappa shape index (κ1) is 18.5. The number of benzene rings is 1. The molecule has 0 saturated carbocycles. The van der Waals surface area contributed by atoms with E-state index in [1.54, 1.807) is 30.5 Å². The number of carbonyl (C=O) groups is 1. The lowest BCUT2D eigenvalue weighted by molar-refractivity contribution is 0.0947. The Morgan fingerprint density at radius 2 is 2.04 bits per heavy atom. The quantitative estimate of drug-likeness (QED) is 0.731. The summed E-state index contributed by atoms with van der Waals surface area (Å²) in [5.74, 6) is -0.199. The Balaban J connectivity index is 2.00. The van der Waals surface area contributed by atoms with Gasteiger partial charge < -0.3 is 15.5 Å². The first-order valence-electron chi connectivity index (χ1n) is 7.57. The lowest BCUT2D eigenvalue weighted by Crippen LogP contribution is -2.27. The Kier molecular flexibility index (Phi) is 6.85. The van der Waals surface area contributed by atoms with E-state index in [0.717, 1.165) is 13.0 Å². The van der Waals surface area contributed by atoms with Crippen LogP contribution in [0.25, 0.3) is 0 Å². The zero-order chi connectivity index (χ0) is 17.5. The number of hydrogen-bond donors (Lipinski definition) is 2. The molecule has 1 amide bonds. The molecule has 5 nitrogen and oxygen atoms in total. The minimum atomic E-state index is -0.199. The SMILES string of the molecule is CN(C)CCCNC(=O)c1cc(Nc2cccc(Cl)c2Cl)ccn1. The second-order valence-electron chi connectivity index (χ2n) is 5.57. The number of pyridine rings is 1. The van der Waals surface area contributed by atoms with Crippen LogP contribution >= 0.6 is 23.2 Å². The van der Waals surface area contributed by atoms with Crippen molar-refractivity contribution in [2.45, 2.75) is 6.42 Å². The van der Waals surface area contributed by atoms with Gasteiger partial charge in [0.05, 0.1) is 15.7 Å². The van der Waals surface area contributed by atoms with E-state index in [0.29, 0.717) is 33.7 Å². The average molecular weight is 367 g/mol. The number of nitrogens with one attached hydrogen (secondary N) is 2. The molecular weight excluding hydrogens is 347 g/mol. The molecule has 2 N–H and O–H groups in total. The van der Waals surface area contributed by atoms with Gasteiger partial charge in [-0.1, -0.05) is 29.3 Å². The number of aromatic nitrogens is 1. The summed E-state index contributed by atoms with van der Waals surface area (Å²) in [5, 5.41) is 6.91. The molecule has 0 unspecified atom stereocenters. The van der Waals surface area contributed by atoms with Crippen LogP contribution in [0.2, 0.25) is 10.0 Å². The fourth-order valence-electron chi connectivity index (χ4n) is 2.08. The number of anilines is 2. The molecule has 0 aliphatic carbocycles. The number of rotatable bonds is 7. The predicted octanol–water partition coefficient (Wildman–Crippen LogP) is 3.81. The Bertz CT molecular complexity index is 707. The maximum absolute atomic E-state index is 12.2. The van der Waals surface area contributed by atoms with Gasteiger partial charge in [0, 0.05) is 18.4 Å². The standard InChI is InChI=1S/C17H20Cl2N4O/c1-23(2)10-4-8-21-17(24)15-11-12(7-9-20-15)22-14-6-3-5-13(18)16(14)19/h3,5-7,9,11H,4,8,10H2,1-2H3,(H,20,22)(H,21,24). The van der Waals surface area contributed by atoms with Gasteiger partial charge in [-0.2, -0.15) is 0 Å². The first-order valence-corrected chi connectivity index (χ1v) is 8.33. The van der Waals surface area contributed by atoms with E-state index in [4.69, 9.17) is 23.2 Å². The molecule has 0 spiro atoms. The van der Waals surface area contributed by atoms with E-state index in [-0.39, 0.29) is 5.91 Å². The molecule has 1 aromatic carbocycles. The summed E-state index contributed by atoms with van der Waals surface area (Å²) in [7, 11) is 4.00. The molecule has 0 saturated heterocycles. The highest BCUT2D eigenvalue weighted by Gasteiger charge is 2.09. The highest BCUT2D eigenvalue weighted by molar-refractivity contribution is 6.43. The van der Waals surface area contributed by atoms with Crippen molar-refractivity contribution in [2.75, 3.05) is 32.5 Å². The van der Waals surface area contributed by atoms with E-state index in [2.05, 4.69) is 20.5 Å². The van der Waals surface area contributed by atoms with E-state index >= 15 is 0 Å². The lowest BCUT2D eigenvalue weighted by atomic mass is 10.2. The van der Waals surface area contributed by atoms with Gasteiger partial charge in [0.1, 0.15) is 5.69 Å². The fraction of sp³-hybridized carbons (Fsp3) is 0.294. The average Bonchev–Trinajstić information content (AvgIpc) is 2.56. The molecule has 0 aliphatic heterocycles. The molecule has 2 aromatic rings. The lowest BCUT2D eigenvalue weighted by Gasteiger charge is -2.11. The monoisotopic (exact) mass is 366 g/mol. The van der Waals surface area contributed by atoms with Crippen LogP contribution in [0.15, 0.2) is 36.5 Å². The van der Waals surface area contributed by atoms with Gasteiger partial charge in [0.2, 0.25) is 0 Å². The second kappa shape index (κ2) is 8.87. The summed E-state index contributed by atoms with van der Waals surface area (Å²) in [5.41, 5.74) is 1.74. The van der Waals surface area contributed by atoms with E-state index in [9.17, 15) is 4.79 Å². The highest BCUT2D eigenvalue weighted by atomic mass is 35.5. The van der Waals surface area contributed by atoms with Crippen molar-refractivity contribution in [3.05, 3.63) is 52.3 Å². The molecule has 2 rings (SSSR count). The largest absolute Gasteiger partial charge is 0.354 e. The molecule has 0 atom stereocenters. The van der Waals surface area contributed by atoms with Crippen LogP contribution in [-0.4, -0.2) is 43.0 Å². The van der Waals surface area contributed by atoms with Crippen LogP contribution in [0, 0.1) is 0 Å². The fourth-order valence-corrected chi connectivity index (χ4v) is 2.42. The van der Waals surface area contributed by atoms with Crippen LogP contribution in [-0.2, 0) is 0 Å². The van der Waals surface area contributed by atoms with Crippen molar-refractivity contribution in [1.82, 2.24) is 15.2 Å². The molecule has 24 heavy (non-hydrogen) atoms. The Morgan fingerprint density at radius 3 is 2.79 bits per heavy atom. The minimum Gasteiger partial charge on any atom is -0.354 e. The van der Waals surface area contributed by atoms with Gasteiger partial charge in [0.25, 0.3) is 5.91 Å². The summed E-state index contributed by atoms with van der Waals surface area (Å²) >= 11 is 12.2. The molecule has 1 aromatic heterocycles. The van der Waals surface area contributed by atoms with E-state index < -0.39 is 0 Å². The Hall–Kier alpha value is -1.82. The zero-order valence-corrected chi connectivity index (χ0v) is 15.2. The molecule has 7 heteroatoms. The third-order valence-corrected chi connectivity index (χ3v) is 4.11. The Morgan fingerprint density at radius 1 is 1.25 bits per heavy atom. The van der Waals surface area contributed by atoms with Crippen LogP contribution in [0.5, 0.6) is 0 Å². The van der Waals surface area contributed by atoms with Crippen LogP contribution in [0.3, 0.4) is 0 Å². The van der Waals surface area contributed by atoms with Crippen molar-refractivity contribution in [2.24, 2.45) is 0 Å². The maximum Gasteiger partial charge on any atom is 0.269 e. The van der Waals surface area contributed by atoms with Gasteiger partial charge in [-0.25, -0.2) is 0 Å². The van der Waals surface area contributed by atoms with Crippen molar-refractivity contribution < 1.29 is 4.79 Å². The van der Waals surface area contributed by atoms with Gasteiger partial charge in [0.15, 0.2) is 0 Å². The van der Waals surface area contributed by atoms with Gasteiger partial charge in [-0.05, 0) is 51.3 Å². The van der Waals surface area contributed by atoms with Gasteiger partial charge >= 0.3 is 0 Å². The minimum absolute atomic E-state index is 0.199. The van der Waals surface area contributed by atoms with Crippen LogP contribution in [0.1, 0.15) is 16.9 Å². The van der Waals surface area contributed by atoms with Crippen LogP contribution in [0.4, 0.5) is 11.4 Å². The van der Waals surface area contributed by atoms with Crippen molar-refractivity contribution in [1.29, 1.82) is 0 Å². The molecule has 0 aliphatic rings. The second-order valence-corrected chi connectivity index (χ2v) is 6.35. The highest BCUT2D eigenvalue weighted by Crippen LogP contribution is 2.31. The third-order valence-electron chi connectivity index (χ3n) is 3.29. The smallest absolute Gasteiger partial charge is 0.269 e. The topological polar surface area (TPSA) is 57.3 Å². The molecule has 128 valence electrons. The summed E-state index contributed by atoms with van der Waals surface area (Å²) in [6.07, 6.45) is 2.46. The van der Waals surface area contributed by atoms with Crippen molar-refractivity contribution >= 4 is 40.5 Å². The number of amides is 1. The Labute approximate surface area is 152 Å². The summed E-state index contributed by atoms with van der Waals surface area (Å²) in [4.78, 5) is 18.3. The molecule has 0 fully saturated rings. The summed E-state index contributed by atoms with van der Waals surface area (Å²) in [6, 6.07) is 8.78. The van der Waals surface area contributed by atoms with Crippen molar-refractivity contribution in [3.63, 3.8) is 0 Å². The summed E-state index contributed by atoms with van der Waals surface area (Å²) < 4.78 is 0. The van der Waals surface area contributed by atoms with Gasteiger partial charge in [-0.3, -0.25) is 9.78 Å². The van der Waals surface area contributed by atoms with Crippen molar-refractivity contribution in [3.8, 4) is 0 Å². The van der Waals surface area contributed by atoms with Crippen LogP contribution < -0.4 is 10.6 Å². The first-order chi connectivity index (χ1) is 11.5. The molecular formula is C17H20Cl2N4O. The zero-order valence-electron chi connectivity index (χ0n) is 13.6. The maximum atomic E-state index is 12.2. The normalized spacial score (nSPS) is 10.7. The molecule has 0 bridgehead atoms. The van der Waals surface area contributed by atoms with E-state index in [1.165, 1.54) is 0 Å².